The molecule has 0 aromatic heterocycles. The number of imide groups is 1. The maximum Gasteiger partial charge on any atom is 0.250 e. The number of fused-ring (bicyclic) bond motifs is 4. The Labute approximate surface area is 202 Å². The van der Waals surface area contributed by atoms with Crippen molar-refractivity contribution in [3.05, 3.63) is 101 Å². The first-order chi connectivity index (χ1) is 17.0. The number of halogens is 1. The molecule has 3 heterocycles. The van der Waals surface area contributed by atoms with Crippen LogP contribution in [0.15, 0.2) is 78.9 Å². The van der Waals surface area contributed by atoms with Crippen LogP contribution in [0.3, 0.4) is 0 Å². The fourth-order valence-corrected chi connectivity index (χ4v) is 5.98. The average molecular weight is 470 g/mol. The molecule has 0 saturated carbocycles. The van der Waals surface area contributed by atoms with Crippen molar-refractivity contribution >= 4 is 23.4 Å². The number of hydrogen-bond acceptors (Lipinski definition) is 4. The molecule has 2 unspecified atom stereocenters. The molecule has 6 rings (SSSR count). The second kappa shape index (κ2) is 8.13. The van der Waals surface area contributed by atoms with Crippen molar-refractivity contribution in [3.8, 4) is 0 Å². The second-order valence-corrected chi connectivity index (χ2v) is 9.46. The summed E-state index contributed by atoms with van der Waals surface area (Å²) in [6.45, 7) is 0.237. The van der Waals surface area contributed by atoms with Crippen molar-refractivity contribution in [1.82, 2.24) is 10.2 Å². The number of carbonyl (C=O) groups is 3. The summed E-state index contributed by atoms with van der Waals surface area (Å²) in [5.74, 6) is -3.25. The lowest BCUT2D eigenvalue weighted by Crippen LogP contribution is -2.53. The van der Waals surface area contributed by atoms with Crippen molar-refractivity contribution < 1.29 is 18.8 Å². The number of hydrogen-bond donors (Lipinski definition) is 2. The third kappa shape index (κ3) is 3.30. The van der Waals surface area contributed by atoms with Gasteiger partial charge in [-0.25, -0.2) is 4.39 Å². The number of anilines is 1. The number of rotatable bonds is 5. The minimum absolute atomic E-state index is 0.237. The third-order valence-corrected chi connectivity index (χ3v) is 7.53. The molecule has 3 aromatic carbocycles. The SMILES string of the molecule is O=C1[C@@H]2C(Cc3ccccc3)NC3(C(=O)Nc4ccc(F)cc43)[C@@H]2C(=O)N1CCc1ccccc1. The van der Waals surface area contributed by atoms with Gasteiger partial charge in [0.1, 0.15) is 11.4 Å². The lowest BCUT2D eigenvalue weighted by atomic mass is 9.76. The van der Waals surface area contributed by atoms with Gasteiger partial charge < -0.3 is 5.32 Å². The van der Waals surface area contributed by atoms with E-state index in [1.165, 1.54) is 23.1 Å². The number of nitrogens with zero attached hydrogens (tertiary/aromatic N) is 1. The first-order valence-electron chi connectivity index (χ1n) is 11.8. The van der Waals surface area contributed by atoms with Crippen molar-refractivity contribution in [3.63, 3.8) is 0 Å². The van der Waals surface area contributed by atoms with Gasteiger partial charge in [-0.05, 0) is 42.2 Å². The smallest absolute Gasteiger partial charge is 0.250 e. The Morgan fingerprint density at radius 1 is 0.857 bits per heavy atom. The fraction of sp³-hybridized carbons (Fsp3) is 0.250. The molecular weight excluding hydrogens is 445 g/mol. The summed E-state index contributed by atoms with van der Waals surface area (Å²) in [6.07, 6.45) is 0.992. The summed E-state index contributed by atoms with van der Waals surface area (Å²) in [7, 11) is 0. The van der Waals surface area contributed by atoms with E-state index in [-0.39, 0.29) is 18.4 Å². The van der Waals surface area contributed by atoms with E-state index < -0.39 is 35.1 Å². The first kappa shape index (κ1) is 21.7. The van der Waals surface area contributed by atoms with Gasteiger partial charge in [-0.3, -0.25) is 24.6 Å². The molecule has 2 fully saturated rings. The summed E-state index contributed by atoms with van der Waals surface area (Å²) in [6, 6.07) is 22.9. The van der Waals surface area contributed by atoms with Crippen LogP contribution in [-0.2, 0) is 32.8 Å². The van der Waals surface area contributed by atoms with Crippen molar-refractivity contribution in [2.45, 2.75) is 24.4 Å². The van der Waals surface area contributed by atoms with E-state index in [9.17, 15) is 18.8 Å². The van der Waals surface area contributed by atoms with E-state index in [1.54, 1.807) is 0 Å². The molecule has 176 valence electrons. The van der Waals surface area contributed by atoms with Crippen LogP contribution in [0.25, 0.3) is 0 Å². The number of nitrogens with one attached hydrogen (secondary N) is 2. The van der Waals surface area contributed by atoms with Gasteiger partial charge in [0, 0.05) is 23.8 Å². The highest BCUT2D eigenvalue weighted by Crippen LogP contribution is 2.53. The summed E-state index contributed by atoms with van der Waals surface area (Å²) in [4.78, 5) is 42.3. The van der Waals surface area contributed by atoms with Crippen LogP contribution in [-0.4, -0.2) is 35.2 Å². The van der Waals surface area contributed by atoms with Gasteiger partial charge in [-0.1, -0.05) is 60.7 Å². The van der Waals surface area contributed by atoms with Gasteiger partial charge >= 0.3 is 0 Å². The molecule has 3 amide bonds. The monoisotopic (exact) mass is 469 g/mol. The quantitative estimate of drug-likeness (QED) is 0.563. The van der Waals surface area contributed by atoms with Crippen molar-refractivity contribution in [2.24, 2.45) is 11.8 Å². The highest BCUT2D eigenvalue weighted by Gasteiger charge is 2.70. The molecule has 6 nitrogen and oxygen atoms in total. The Bertz CT molecular complexity index is 1330. The van der Waals surface area contributed by atoms with E-state index in [2.05, 4.69) is 10.6 Å². The van der Waals surface area contributed by atoms with E-state index in [4.69, 9.17) is 0 Å². The van der Waals surface area contributed by atoms with E-state index in [0.29, 0.717) is 24.1 Å². The average Bonchev–Trinajstić information content (AvgIpc) is 3.44. The standard InChI is InChI=1S/C28H24FN3O3/c29-19-11-12-21-20(16-19)28(27(35)30-21)24-23(22(31-28)15-18-9-5-2-6-10-18)25(33)32(26(24)34)14-13-17-7-3-1-4-8-17/h1-12,16,22-24,31H,13-15H2,(H,30,35)/t22?,23-,24+,28?/m1/s1. The van der Waals surface area contributed by atoms with Gasteiger partial charge in [0.25, 0.3) is 0 Å². The van der Waals surface area contributed by atoms with Gasteiger partial charge in [-0.2, -0.15) is 0 Å². The number of carbonyl (C=O) groups excluding carboxylic acids is 3. The lowest BCUT2D eigenvalue weighted by Gasteiger charge is -2.29. The van der Waals surface area contributed by atoms with Crippen LogP contribution in [0.4, 0.5) is 10.1 Å². The molecule has 7 heteroatoms. The summed E-state index contributed by atoms with van der Waals surface area (Å²) in [5, 5.41) is 6.17. The molecule has 2 N–H and O–H groups in total. The Balaban J connectivity index is 1.41. The lowest BCUT2D eigenvalue weighted by molar-refractivity contribution is -0.142. The Hall–Kier alpha value is -3.84. The van der Waals surface area contributed by atoms with E-state index in [0.717, 1.165) is 11.1 Å². The van der Waals surface area contributed by atoms with Gasteiger partial charge in [0.05, 0.1) is 11.8 Å². The minimum Gasteiger partial charge on any atom is -0.324 e. The molecule has 0 bridgehead atoms. The van der Waals surface area contributed by atoms with Crippen LogP contribution >= 0.6 is 0 Å². The number of amides is 3. The molecule has 0 radical (unpaired) electrons. The van der Waals surface area contributed by atoms with Crippen LogP contribution in [0.5, 0.6) is 0 Å². The normalized spacial score (nSPS) is 26.8. The number of likely N-dealkylation sites (tertiary alicyclic amines) is 1. The largest absolute Gasteiger partial charge is 0.324 e. The highest BCUT2D eigenvalue weighted by atomic mass is 19.1. The van der Waals surface area contributed by atoms with Crippen molar-refractivity contribution in [2.75, 3.05) is 11.9 Å². The van der Waals surface area contributed by atoms with Crippen LogP contribution < -0.4 is 10.6 Å². The zero-order chi connectivity index (χ0) is 24.2. The first-order valence-corrected chi connectivity index (χ1v) is 11.8. The van der Waals surface area contributed by atoms with E-state index >= 15 is 0 Å². The summed E-state index contributed by atoms with van der Waals surface area (Å²) in [5.41, 5.74) is 1.37. The van der Waals surface area contributed by atoms with E-state index in [1.807, 2.05) is 60.7 Å². The molecule has 35 heavy (non-hydrogen) atoms. The Morgan fingerprint density at radius 2 is 1.54 bits per heavy atom. The fourth-order valence-electron chi connectivity index (χ4n) is 5.98. The maximum atomic E-state index is 14.3. The topological polar surface area (TPSA) is 78.5 Å². The third-order valence-electron chi connectivity index (χ3n) is 7.53. The molecule has 0 aliphatic carbocycles. The van der Waals surface area contributed by atoms with Crippen LogP contribution in [0, 0.1) is 17.7 Å². The molecule has 4 atom stereocenters. The minimum atomic E-state index is -1.49. The summed E-state index contributed by atoms with van der Waals surface area (Å²) < 4.78 is 14.3. The van der Waals surface area contributed by atoms with Gasteiger partial charge in [0.15, 0.2) is 0 Å². The molecule has 2 saturated heterocycles. The number of benzene rings is 3. The molecule has 3 aliphatic heterocycles. The highest BCUT2D eigenvalue weighted by molar-refractivity contribution is 6.15. The van der Waals surface area contributed by atoms with Gasteiger partial charge in [-0.15, -0.1) is 0 Å². The Morgan fingerprint density at radius 3 is 2.26 bits per heavy atom. The molecule has 3 aliphatic rings. The van der Waals surface area contributed by atoms with Crippen molar-refractivity contribution in [1.29, 1.82) is 0 Å². The zero-order valence-corrected chi connectivity index (χ0v) is 18.9. The predicted octanol–water partition coefficient (Wildman–Crippen LogP) is 3.03. The summed E-state index contributed by atoms with van der Waals surface area (Å²) >= 11 is 0. The molecular formula is C28H24FN3O3. The Kier molecular flexibility index (Phi) is 5.04. The molecule has 3 aromatic rings. The zero-order valence-electron chi connectivity index (χ0n) is 18.9. The predicted molar refractivity (Wildman–Crippen MR) is 128 cm³/mol. The van der Waals surface area contributed by atoms with Crippen LogP contribution in [0.1, 0.15) is 16.7 Å². The van der Waals surface area contributed by atoms with Gasteiger partial charge in [0.2, 0.25) is 17.7 Å². The van der Waals surface area contributed by atoms with Crippen LogP contribution in [0.2, 0.25) is 0 Å². The molecule has 1 spiro atoms. The second-order valence-electron chi connectivity index (χ2n) is 9.46. The maximum absolute atomic E-state index is 14.3.